The van der Waals surface area contributed by atoms with E-state index < -0.39 is 5.97 Å². The molecule has 3 aliphatic heterocycles. The Bertz CT molecular complexity index is 859. The minimum absolute atomic E-state index is 0.0675. The predicted octanol–water partition coefficient (Wildman–Crippen LogP) is 1.41. The first kappa shape index (κ1) is 19.1. The van der Waals surface area contributed by atoms with E-state index in [9.17, 15) is 9.59 Å². The molecule has 0 unspecified atom stereocenters. The molecule has 8 nitrogen and oxygen atoms in total. The topological polar surface area (TPSA) is 83.5 Å². The van der Waals surface area contributed by atoms with Crippen molar-refractivity contribution in [2.45, 2.75) is 44.2 Å². The summed E-state index contributed by atoms with van der Waals surface area (Å²) < 4.78 is 6.94. The number of rotatable bonds is 4. The number of piperazine rings is 1. The number of carbonyl (C=O) groups excluding carboxylic acids is 1. The quantitative estimate of drug-likeness (QED) is 0.799. The molecule has 0 bridgehead atoms. The summed E-state index contributed by atoms with van der Waals surface area (Å²) in [6.45, 7) is 5.03. The molecule has 0 aromatic rings. The number of esters is 1. The summed E-state index contributed by atoms with van der Waals surface area (Å²) in [5.41, 5.74) is 0.949. The monoisotopic (exact) mass is 387 g/mol. The van der Waals surface area contributed by atoms with Crippen LogP contribution >= 0.6 is 0 Å². The fraction of sp³-hybridized carbons (Fsp3) is 0.650. The molecular formula is C20H29N5O3. The first-order valence-electron chi connectivity index (χ1n) is 10.1. The van der Waals surface area contributed by atoms with Crippen LogP contribution in [0.5, 0.6) is 0 Å². The van der Waals surface area contributed by atoms with Gasteiger partial charge in [0, 0.05) is 50.7 Å². The largest absolute Gasteiger partial charge is 0.465 e. The Labute approximate surface area is 164 Å². The molecule has 4 rings (SSSR count). The number of aromatic nitrogens is 3. The van der Waals surface area contributed by atoms with Gasteiger partial charge in [-0.1, -0.05) is 19.3 Å². The number of ether oxygens (including phenoxy) is 1. The summed E-state index contributed by atoms with van der Waals surface area (Å²) in [5.74, 6) is -0.469. The highest BCUT2D eigenvalue weighted by molar-refractivity contribution is 5.95. The SMILES string of the molecule is COC(=O)c1cn(CC2(N3CCN(C)CC3)CCCCC2)cc2c(=O)[nH]nc1-2. The van der Waals surface area contributed by atoms with Crippen LogP contribution in [0.2, 0.25) is 0 Å². The lowest BCUT2D eigenvalue weighted by Crippen LogP contribution is -2.59. The first-order valence-corrected chi connectivity index (χ1v) is 10.1. The highest BCUT2D eigenvalue weighted by Crippen LogP contribution is 2.36. The van der Waals surface area contributed by atoms with Gasteiger partial charge in [0.1, 0.15) is 11.3 Å². The van der Waals surface area contributed by atoms with Crippen molar-refractivity contribution in [3.63, 3.8) is 0 Å². The number of nitrogens with zero attached hydrogens (tertiary/aromatic N) is 4. The van der Waals surface area contributed by atoms with Gasteiger partial charge in [-0.05, 0) is 19.9 Å². The second-order valence-electron chi connectivity index (χ2n) is 8.23. The van der Waals surface area contributed by atoms with Gasteiger partial charge >= 0.3 is 5.97 Å². The molecular weight excluding hydrogens is 358 g/mol. The number of pyridine rings is 1. The third-order valence-electron chi connectivity index (χ3n) is 6.45. The van der Waals surface area contributed by atoms with Gasteiger partial charge in [-0.3, -0.25) is 9.69 Å². The Morgan fingerprint density at radius 2 is 1.89 bits per heavy atom. The highest BCUT2D eigenvalue weighted by Gasteiger charge is 2.39. The highest BCUT2D eigenvalue weighted by atomic mass is 16.5. The van der Waals surface area contributed by atoms with E-state index in [0.717, 1.165) is 45.6 Å². The molecule has 4 aliphatic rings. The molecule has 3 heterocycles. The van der Waals surface area contributed by atoms with Crippen molar-refractivity contribution in [1.82, 2.24) is 24.6 Å². The number of likely N-dealkylation sites (N-methyl/N-ethyl adjacent to an activating group) is 1. The smallest absolute Gasteiger partial charge is 0.341 e. The van der Waals surface area contributed by atoms with Crippen molar-refractivity contribution in [2.24, 2.45) is 0 Å². The number of methoxy groups -OCH3 is 1. The van der Waals surface area contributed by atoms with Gasteiger partial charge in [0.15, 0.2) is 0 Å². The molecule has 0 spiro atoms. The van der Waals surface area contributed by atoms with Crippen LogP contribution in [0.1, 0.15) is 42.5 Å². The molecule has 0 radical (unpaired) electrons. The maximum Gasteiger partial charge on any atom is 0.341 e. The lowest BCUT2D eigenvalue weighted by molar-refractivity contribution is 0.00165. The molecule has 28 heavy (non-hydrogen) atoms. The van der Waals surface area contributed by atoms with Gasteiger partial charge in [0.2, 0.25) is 0 Å². The summed E-state index contributed by atoms with van der Waals surface area (Å²) in [5, 5.41) is 6.49. The molecule has 1 aliphatic carbocycles. The van der Waals surface area contributed by atoms with Crippen LogP contribution < -0.4 is 5.56 Å². The average molecular weight is 387 g/mol. The van der Waals surface area contributed by atoms with Crippen LogP contribution in [0.3, 0.4) is 0 Å². The summed E-state index contributed by atoms with van der Waals surface area (Å²) in [6, 6.07) is 0. The van der Waals surface area contributed by atoms with Gasteiger partial charge in [-0.15, -0.1) is 0 Å². The summed E-state index contributed by atoms with van der Waals surface area (Å²) >= 11 is 0. The molecule has 2 fully saturated rings. The van der Waals surface area contributed by atoms with Gasteiger partial charge in [0.05, 0.1) is 12.7 Å². The van der Waals surface area contributed by atoms with E-state index in [1.807, 2.05) is 10.8 Å². The van der Waals surface area contributed by atoms with Gasteiger partial charge in [-0.25, -0.2) is 9.89 Å². The standard InChI is InChI=1S/C20H29N5O3/c1-23-8-10-25(11-9-23)20(6-4-3-5-7-20)14-24-12-15-17(21-22-18(15)26)16(13-24)19(27)28-2/h12-13H,3-11,14H2,1-2H3,(H,22,26). The number of hydrogen-bond acceptors (Lipinski definition) is 6. The van der Waals surface area contributed by atoms with Crippen LogP contribution in [0, 0.1) is 0 Å². The number of fused-ring (bicyclic) bond motifs is 1. The number of carbonyl (C=O) groups is 1. The predicted molar refractivity (Wildman–Crippen MR) is 106 cm³/mol. The number of hydrogen-bond donors (Lipinski definition) is 1. The number of nitrogens with one attached hydrogen (secondary N) is 1. The van der Waals surface area contributed by atoms with E-state index >= 15 is 0 Å². The van der Waals surface area contributed by atoms with Crippen LogP contribution in [0.15, 0.2) is 17.2 Å². The molecule has 8 heteroatoms. The fourth-order valence-corrected chi connectivity index (χ4v) is 4.85. The second kappa shape index (κ2) is 7.67. The van der Waals surface area contributed by atoms with Crippen molar-refractivity contribution in [3.05, 3.63) is 28.3 Å². The Kier molecular flexibility index (Phi) is 5.25. The Morgan fingerprint density at radius 1 is 1.18 bits per heavy atom. The van der Waals surface area contributed by atoms with Gasteiger partial charge in [-0.2, -0.15) is 5.10 Å². The van der Waals surface area contributed by atoms with Crippen LogP contribution in [0.25, 0.3) is 11.3 Å². The lowest BCUT2D eigenvalue weighted by atomic mass is 9.79. The van der Waals surface area contributed by atoms with Gasteiger partial charge < -0.3 is 14.2 Å². The van der Waals surface area contributed by atoms with Crippen molar-refractivity contribution < 1.29 is 9.53 Å². The molecule has 0 aromatic carbocycles. The zero-order chi connectivity index (χ0) is 19.7. The Balaban J connectivity index is 1.71. The van der Waals surface area contributed by atoms with Crippen molar-refractivity contribution in [3.8, 4) is 11.3 Å². The van der Waals surface area contributed by atoms with Crippen LogP contribution in [-0.4, -0.2) is 76.4 Å². The van der Waals surface area contributed by atoms with E-state index in [0.29, 0.717) is 16.8 Å². The molecule has 1 saturated heterocycles. The minimum atomic E-state index is -0.469. The van der Waals surface area contributed by atoms with E-state index in [1.54, 1.807) is 6.20 Å². The van der Waals surface area contributed by atoms with Crippen LogP contribution in [-0.2, 0) is 11.3 Å². The second-order valence-corrected chi connectivity index (χ2v) is 8.23. The van der Waals surface area contributed by atoms with E-state index in [-0.39, 0.29) is 11.1 Å². The fourth-order valence-electron chi connectivity index (χ4n) is 4.85. The molecule has 1 N–H and O–H groups in total. The number of aromatic amines is 1. The first-order chi connectivity index (χ1) is 13.5. The maximum absolute atomic E-state index is 12.3. The molecule has 152 valence electrons. The average Bonchev–Trinajstić information content (AvgIpc) is 3.09. The zero-order valence-corrected chi connectivity index (χ0v) is 16.7. The van der Waals surface area contributed by atoms with E-state index in [2.05, 4.69) is 27.0 Å². The normalized spacial score (nSPS) is 21.1. The Morgan fingerprint density at radius 3 is 2.57 bits per heavy atom. The van der Waals surface area contributed by atoms with E-state index in [4.69, 9.17) is 4.74 Å². The maximum atomic E-state index is 12.3. The van der Waals surface area contributed by atoms with Crippen LogP contribution in [0.4, 0.5) is 0 Å². The Hall–Kier alpha value is -2.19. The van der Waals surface area contributed by atoms with Crippen molar-refractivity contribution in [2.75, 3.05) is 40.3 Å². The number of H-pyrrole nitrogens is 1. The summed E-state index contributed by atoms with van der Waals surface area (Å²) in [7, 11) is 3.52. The summed E-state index contributed by atoms with van der Waals surface area (Å²) in [4.78, 5) is 29.5. The zero-order valence-electron chi connectivity index (χ0n) is 16.7. The molecule has 0 aromatic heterocycles. The summed E-state index contributed by atoms with van der Waals surface area (Å²) in [6.07, 6.45) is 9.63. The molecule has 0 amide bonds. The third kappa shape index (κ3) is 3.46. The molecule has 0 atom stereocenters. The van der Waals surface area contributed by atoms with Crippen molar-refractivity contribution >= 4 is 5.97 Å². The lowest BCUT2D eigenvalue weighted by Gasteiger charge is -2.50. The van der Waals surface area contributed by atoms with E-state index in [1.165, 1.54) is 26.4 Å². The minimum Gasteiger partial charge on any atom is -0.465 e. The van der Waals surface area contributed by atoms with Gasteiger partial charge in [0.25, 0.3) is 5.56 Å². The van der Waals surface area contributed by atoms with Crippen molar-refractivity contribution in [1.29, 1.82) is 0 Å². The molecule has 1 saturated carbocycles. The third-order valence-corrected chi connectivity index (χ3v) is 6.45.